The lowest BCUT2D eigenvalue weighted by Gasteiger charge is -2.03. The Balaban J connectivity index is 2.55. The van der Waals surface area contributed by atoms with E-state index in [0.29, 0.717) is 18.4 Å². The van der Waals surface area contributed by atoms with E-state index in [1.807, 2.05) is 6.92 Å². The van der Waals surface area contributed by atoms with E-state index in [1.54, 1.807) is 18.2 Å². The van der Waals surface area contributed by atoms with Crippen LogP contribution >= 0.6 is 0 Å². The molecule has 0 fully saturated rings. The summed E-state index contributed by atoms with van der Waals surface area (Å²) in [6, 6.07) is 0. The van der Waals surface area contributed by atoms with Gasteiger partial charge >= 0.3 is 5.97 Å². The maximum Gasteiger partial charge on any atom is 0.338 e. The highest BCUT2D eigenvalue weighted by Crippen LogP contribution is 2.17. The standard InChI is InChI=1S/C10H12O3/c1-2-4-8-7-9(5-3-6-11)13-10(8)12/h2,4,6-7,9H,3,5H2,1H3/b4-2+/t9-/m1/s1. The first-order valence-electron chi connectivity index (χ1n) is 4.27. The van der Waals surface area contributed by atoms with Gasteiger partial charge in [-0.05, 0) is 19.4 Å². The Bertz CT molecular complexity index is 263. The monoisotopic (exact) mass is 180 g/mol. The van der Waals surface area contributed by atoms with Gasteiger partial charge in [0.15, 0.2) is 0 Å². The first kappa shape index (κ1) is 9.71. The van der Waals surface area contributed by atoms with Gasteiger partial charge < -0.3 is 9.53 Å². The third-order valence-corrected chi connectivity index (χ3v) is 1.77. The number of hydrogen-bond donors (Lipinski definition) is 0. The number of hydrogen-bond acceptors (Lipinski definition) is 3. The van der Waals surface area contributed by atoms with Crippen LogP contribution in [-0.4, -0.2) is 18.4 Å². The largest absolute Gasteiger partial charge is 0.454 e. The Labute approximate surface area is 77.1 Å². The lowest BCUT2D eigenvalue weighted by Crippen LogP contribution is -2.07. The van der Waals surface area contributed by atoms with E-state index in [2.05, 4.69) is 0 Å². The van der Waals surface area contributed by atoms with Gasteiger partial charge in [-0.2, -0.15) is 0 Å². The third-order valence-electron chi connectivity index (χ3n) is 1.77. The van der Waals surface area contributed by atoms with Crippen molar-refractivity contribution in [3.63, 3.8) is 0 Å². The summed E-state index contributed by atoms with van der Waals surface area (Å²) in [7, 11) is 0. The van der Waals surface area contributed by atoms with Crippen molar-refractivity contribution in [1.29, 1.82) is 0 Å². The lowest BCUT2D eigenvalue weighted by molar-refractivity contribution is -0.139. The molecule has 0 aromatic rings. The molecule has 0 saturated heterocycles. The van der Waals surface area contributed by atoms with Crippen molar-refractivity contribution in [3.8, 4) is 0 Å². The van der Waals surface area contributed by atoms with Crippen molar-refractivity contribution in [2.24, 2.45) is 0 Å². The molecule has 70 valence electrons. The number of cyclic esters (lactones) is 1. The molecule has 0 unspecified atom stereocenters. The molecular formula is C10H12O3. The molecule has 0 amide bonds. The highest BCUT2D eigenvalue weighted by atomic mass is 16.5. The van der Waals surface area contributed by atoms with Crippen molar-refractivity contribution in [2.45, 2.75) is 25.9 Å². The molecule has 3 nitrogen and oxygen atoms in total. The van der Waals surface area contributed by atoms with Crippen molar-refractivity contribution in [1.82, 2.24) is 0 Å². The van der Waals surface area contributed by atoms with Crippen molar-refractivity contribution < 1.29 is 14.3 Å². The van der Waals surface area contributed by atoms with Gasteiger partial charge in [0.05, 0.1) is 5.57 Å². The fourth-order valence-electron chi connectivity index (χ4n) is 1.19. The fraction of sp³-hybridized carbons (Fsp3) is 0.400. The zero-order valence-electron chi connectivity index (χ0n) is 7.53. The SMILES string of the molecule is C/C=C/C1=C[C@@H](CCC=O)OC1=O. The Morgan fingerprint density at radius 1 is 1.62 bits per heavy atom. The van der Waals surface area contributed by atoms with Gasteiger partial charge in [-0.25, -0.2) is 4.79 Å². The van der Waals surface area contributed by atoms with Crippen molar-refractivity contribution in [3.05, 3.63) is 23.8 Å². The van der Waals surface area contributed by atoms with E-state index < -0.39 is 0 Å². The van der Waals surface area contributed by atoms with Gasteiger partial charge in [-0.3, -0.25) is 0 Å². The molecule has 0 aromatic carbocycles. The molecule has 1 aliphatic heterocycles. The zero-order chi connectivity index (χ0) is 9.68. The van der Waals surface area contributed by atoms with Crippen LogP contribution in [0, 0.1) is 0 Å². The summed E-state index contributed by atoms with van der Waals surface area (Å²) < 4.78 is 4.99. The van der Waals surface area contributed by atoms with Crippen LogP contribution in [0.3, 0.4) is 0 Å². The molecule has 0 saturated carbocycles. The topological polar surface area (TPSA) is 43.4 Å². The minimum atomic E-state index is -0.297. The van der Waals surface area contributed by atoms with Crippen LogP contribution in [0.15, 0.2) is 23.8 Å². The van der Waals surface area contributed by atoms with Gasteiger partial charge in [-0.1, -0.05) is 12.2 Å². The van der Waals surface area contributed by atoms with E-state index in [4.69, 9.17) is 4.74 Å². The number of esters is 1. The van der Waals surface area contributed by atoms with Gasteiger partial charge in [-0.15, -0.1) is 0 Å². The Kier molecular flexibility index (Phi) is 3.43. The summed E-state index contributed by atoms with van der Waals surface area (Å²) in [5.74, 6) is -0.297. The quantitative estimate of drug-likeness (QED) is 0.485. The first-order chi connectivity index (χ1) is 6.27. The normalized spacial score (nSPS) is 21.8. The molecule has 0 bridgehead atoms. The van der Waals surface area contributed by atoms with E-state index in [1.165, 1.54) is 0 Å². The second kappa shape index (κ2) is 4.60. The highest BCUT2D eigenvalue weighted by molar-refractivity contribution is 5.93. The predicted octanol–water partition coefficient (Wildman–Crippen LogP) is 1.39. The minimum Gasteiger partial charge on any atom is -0.454 e. The third kappa shape index (κ3) is 2.54. The van der Waals surface area contributed by atoms with Crippen LogP contribution in [0.1, 0.15) is 19.8 Å². The number of carbonyl (C=O) groups excluding carboxylic acids is 2. The molecule has 3 heteroatoms. The minimum absolute atomic E-state index is 0.219. The predicted molar refractivity (Wildman–Crippen MR) is 48.1 cm³/mol. The fourth-order valence-corrected chi connectivity index (χ4v) is 1.19. The molecule has 1 aliphatic rings. The molecule has 0 radical (unpaired) electrons. The number of ether oxygens (including phenoxy) is 1. The molecule has 13 heavy (non-hydrogen) atoms. The average molecular weight is 180 g/mol. The average Bonchev–Trinajstić information content (AvgIpc) is 2.45. The molecule has 0 spiro atoms. The summed E-state index contributed by atoms with van der Waals surface area (Å²) in [6.07, 6.45) is 6.87. The van der Waals surface area contributed by atoms with E-state index >= 15 is 0 Å². The summed E-state index contributed by atoms with van der Waals surface area (Å²) in [5, 5.41) is 0. The summed E-state index contributed by atoms with van der Waals surface area (Å²) in [5.41, 5.74) is 0.582. The van der Waals surface area contributed by atoms with Gasteiger partial charge in [0.25, 0.3) is 0 Å². The van der Waals surface area contributed by atoms with Crippen LogP contribution < -0.4 is 0 Å². The van der Waals surface area contributed by atoms with Gasteiger partial charge in [0, 0.05) is 6.42 Å². The van der Waals surface area contributed by atoms with Crippen LogP contribution in [0.4, 0.5) is 0 Å². The van der Waals surface area contributed by atoms with E-state index in [-0.39, 0.29) is 12.1 Å². The maximum absolute atomic E-state index is 11.1. The summed E-state index contributed by atoms with van der Waals surface area (Å²) >= 11 is 0. The lowest BCUT2D eigenvalue weighted by atomic mass is 10.1. The van der Waals surface area contributed by atoms with Gasteiger partial charge in [0.1, 0.15) is 12.4 Å². The summed E-state index contributed by atoms with van der Waals surface area (Å²) in [6.45, 7) is 1.84. The van der Waals surface area contributed by atoms with Crippen LogP contribution in [0.2, 0.25) is 0 Å². The van der Waals surface area contributed by atoms with Crippen molar-refractivity contribution in [2.75, 3.05) is 0 Å². The molecule has 0 N–H and O–H groups in total. The van der Waals surface area contributed by atoms with Crippen LogP contribution in [0.5, 0.6) is 0 Å². The number of rotatable bonds is 4. The van der Waals surface area contributed by atoms with Crippen LogP contribution in [0.25, 0.3) is 0 Å². The maximum atomic E-state index is 11.1. The Morgan fingerprint density at radius 2 is 2.38 bits per heavy atom. The molecule has 1 atom stereocenters. The van der Waals surface area contributed by atoms with E-state index in [9.17, 15) is 9.59 Å². The highest BCUT2D eigenvalue weighted by Gasteiger charge is 2.22. The van der Waals surface area contributed by atoms with Gasteiger partial charge in [0.2, 0.25) is 0 Å². The zero-order valence-corrected chi connectivity index (χ0v) is 7.53. The molecule has 1 rings (SSSR count). The first-order valence-corrected chi connectivity index (χ1v) is 4.27. The molecular weight excluding hydrogens is 168 g/mol. The number of aldehydes is 1. The Hall–Kier alpha value is -1.38. The molecule has 0 aromatic heterocycles. The van der Waals surface area contributed by atoms with Crippen LogP contribution in [-0.2, 0) is 14.3 Å². The number of allylic oxidation sites excluding steroid dienone is 1. The second-order valence-electron chi connectivity index (χ2n) is 2.81. The van der Waals surface area contributed by atoms with E-state index in [0.717, 1.165) is 6.29 Å². The second-order valence-corrected chi connectivity index (χ2v) is 2.81. The number of carbonyl (C=O) groups is 2. The Morgan fingerprint density at radius 3 is 3.00 bits per heavy atom. The van der Waals surface area contributed by atoms with Crippen molar-refractivity contribution >= 4 is 12.3 Å². The summed E-state index contributed by atoms with van der Waals surface area (Å²) in [4.78, 5) is 21.2. The molecule has 1 heterocycles. The smallest absolute Gasteiger partial charge is 0.338 e. The molecule has 0 aliphatic carbocycles.